The molecule has 1 aliphatic carbocycles. The predicted molar refractivity (Wildman–Crippen MR) is 166 cm³/mol. The molecule has 2 N–H and O–H groups in total. The van der Waals surface area contributed by atoms with Crippen molar-refractivity contribution in [1.29, 1.82) is 0 Å². The Morgan fingerprint density at radius 1 is 0.933 bits per heavy atom. The van der Waals surface area contributed by atoms with Crippen molar-refractivity contribution in [3.8, 4) is 23.0 Å². The maximum Gasteiger partial charge on any atom is 0.231 e. The Balaban J connectivity index is 1.63. The molecule has 1 fully saturated rings. The molecule has 5 rings (SSSR count). The molecule has 1 saturated carbocycles. The van der Waals surface area contributed by atoms with E-state index in [4.69, 9.17) is 28.4 Å². The van der Waals surface area contributed by atoms with Gasteiger partial charge in [0.2, 0.25) is 11.5 Å². The van der Waals surface area contributed by atoms with E-state index in [1.54, 1.807) is 43.5 Å². The second-order valence-corrected chi connectivity index (χ2v) is 11.0. The quantitative estimate of drug-likeness (QED) is 0.153. The SMILES string of the molecule is CCOC(CCCNC(=O)[C@H]1C(=O)[C@@]2(O)c3c(OC)cc(OC)cc3O[C@@]2(c2ccc(OC)cc2)[C@@H]1c1ccccc1)OCC. The summed E-state index contributed by atoms with van der Waals surface area (Å²) in [4.78, 5) is 28.9. The molecular formula is C35H41NO9. The molecule has 2 aliphatic rings. The first kappa shape index (κ1) is 32.3. The number of fused-ring (bicyclic) bond motifs is 3. The summed E-state index contributed by atoms with van der Waals surface area (Å²) < 4.78 is 34.6. The summed E-state index contributed by atoms with van der Waals surface area (Å²) in [7, 11) is 4.51. The molecule has 10 heteroatoms. The van der Waals surface area contributed by atoms with Gasteiger partial charge in [0.25, 0.3) is 0 Å². The van der Waals surface area contributed by atoms with Gasteiger partial charge in [-0.05, 0) is 38.0 Å². The van der Waals surface area contributed by atoms with Crippen LogP contribution in [0.5, 0.6) is 23.0 Å². The Labute approximate surface area is 263 Å². The molecule has 1 amide bonds. The lowest BCUT2D eigenvalue weighted by Gasteiger charge is -2.39. The van der Waals surface area contributed by atoms with Crippen LogP contribution in [0.15, 0.2) is 66.7 Å². The number of ketones is 1. The highest BCUT2D eigenvalue weighted by Crippen LogP contribution is 2.68. The lowest BCUT2D eigenvalue weighted by atomic mass is 9.70. The number of nitrogens with one attached hydrogen (secondary N) is 1. The Bertz CT molecular complexity index is 1490. The van der Waals surface area contributed by atoms with Crippen LogP contribution in [0.4, 0.5) is 0 Å². The van der Waals surface area contributed by atoms with Crippen LogP contribution < -0.4 is 24.3 Å². The van der Waals surface area contributed by atoms with Crippen molar-refractivity contribution in [2.45, 2.75) is 50.1 Å². The highest BCUT2D eigenvalue weighted by molar-refractivity contribution is 6.11. The lowest BCUT2D eigenvalue weighted by molar-refractivity contribution is -0.152. The molecule has 1 aliphatic heterocycles. The molecule has 1 heterocycles. The minimum Gasteiger partial charge on any atom is -0.497 e. The first-order valence-electron chi connectivity index (χ1n) is 15.2. The van der Waals surface area contributed by atoms with Gasteiger partial charge >= 0.3 is 0 Å². The molecule has 4 atom stereocenters. The van der Waals surface area contributed by atoms with Crippen LogP contribution in [0.3, 0.4) is 0 Å². The number of hydrogen-bond acceptors (Lipinski definition) is 9. The fourth-order valence-corrected chi connectivity index (χ4v) is 6.74. The summed E-state index contributed by atoms with van der Waals surface area (Å²) in [5, 5.41) is 15.9. The molecule has 0 bridgehead atoms. The molecule has 3 aromatic carbocycles. The topological polar surface area (TPSA) is 122 Å². The van der Waals surface area contributed by atoms with Crippen LogP contribution >= 0.6 is 0 Å². The number of hydrogen-bond donors (Lipinski definition) is 2. The number of ether oxygens (including phenoxy) is 6. The number of aliphatic hydroxyl groups is 1. The van der Waals surface area contributed by atoms with Crippen LogP contribution in [-0.4, -0.2) is 64.2 Å². The normalized spacial score (nSPS) is 23.3. The summed E-state index contributed by atoms with van der Waals surface area (Å²) in [5.41, 5.74) is -2.73. The molecular weight excluding hydrogens is 578 g/mol. The molecule has 0 spiro atoms. The Morgan fingerprint density at radius 3 is 2.20 bits per heavy atom. The molecule has 10 nitrogen and oxygen atoms in total. The van der Waals surface area contributed by atoms with Gasteiger partial charge in [0, 0.05) is 43.9 Å². The third kappa shape index (κ3) is 5.41. The number of carbonyl (C=O) groups is 2. The van der Waals surface area contributed by atoms with E-state index in [1.807, 2.05) is 44.2 Å². The van der Waals surface area contributed by atoms with Gasteiger partial charge in [0.1, 0.15) is 28.9 Å². The van der Waals surface area contributed by atoms with E-state index >= 15 is 0 Å². The van der Waals surface area contributed by atoms with Crippen molar-refractivity contribution in [3.63, 3.8) is 0 Å². The Kier molecular flexibility index (Phi) is 9.67. The summed E-state index contributed by atoms with van der Waals surface area (Å²) in [6.07, 6.45) is 0.751. The Morgan fingerprint density at radius 2 is 1.60 bits per heavy atom. The molecule has 0 saturated heterocycles. The second kappa shape index (κ2) is 13.5. The molecule has 0 radical (unpaired) electrons. The fraction of sp³-hybridized carbons (Fsp3) is 0.429. The number of benzene rings is 3. The number of carbonyl (C=O) groups excluding carboxylic acids is 2. The summed E-state index contributed by atoms with van der Waals surface area (Å²) >= 11 is 0. The van der Waals surface area contributed by atoms with Gasteiger partial charge in [-0.25, -0.2) is 0 Å². The van der Waals surface area contributed by atoms with Crippen molar-refractivity contribution in [2.24, 2.45) is 5.92 Å². The van der Waals surface area contributed by atoms with Crippen molar-refractivity contribution in [3.05, 3.63) is 83.4 Å². The maximum absolute atomic E-state index is 14.8. The van der Waals surface area contributed by atoms with Crippen LogP contribution in [0, 0.1) is 5.92 Å². The highest BCUT2D eigenvalue weighted by Gasteiger charge is 2.78. The summed E-state index contributed by atoms with van der Waals surface area (Å²) in [5.74, 6) is -1.96. The molecule has 3 aromatic rings. The zero-order valence-electron chi connectivity index (χ0n) is 26.3. The summed E-state index contributed by atoms with van der Waals surface area (Å²) in [6, 6.07) is 19.4. The van der Waals surface area contributed by atoms with Gasteiger partial charge < -0.3 is 38.8 Å². The van der Waals surface area contributed by atoms with Crippen LogP contribution in [0.1, 0.15) is 49.3 Å². The average Bonchev–Trinajstić information content (AvgIpc) is 3.45. The minimum absolute atomic E-state index is 0.152. The van der Waals surface area contributed by atoms with Gasteiger partial charge in [-0.2, -0.15) is 0 Å². The number of amides is 1. The maximum atomic E-state index is 14.8. The number of Topliss-reactive ketones (excluding diaryl/α,β-unsaturated/α-hetero) is 1. The second-order valence-electron chi connectivity index (χ2n) is 11.0. The van der Waals surface area contributed by atoms with E-state index in [-0.39, 0.29) is 29.9 Å². The zero-order chi connectivity index (χ0) is 32.2. The van der Waals surface area contributed by atoms with Crippen LogP contribution in [0.25, 0.3) is 0 Å². The molecule has 240 valence electrons. The third-order valence-electron chi connectivity index (χ3n) is 8.66. The van der Waals surface area contributed by atoms with Crippen molar-refractivity contribution < 1.29 is 43.1 Å². The fourth-order valence-electron chi connectivity index (χ4n) is 6.74. The van der Waals surface area contributed by atoms with Crippen molar-refractivity contribution >= 4 is 11.7 Å². The first-order chi connectivity index (χ1) is 21.8. The van der Waals surface area contributed by atoms with E-state index in [1.165, 1.54) is 14.2 Å². The smallest absolute Gasteiger partial charge is 0.231 e. The third-order valence-corrected chi connectivity index (χ3v) is 8.66. The Hall–Kier alpha value is -4.12. The van der Waals surface area contributed by atoms with Gasteiger partial charge in [-0.1, -0.05) is 42.5 Å². The highest BCUT2D eigenvalue weighted by atomic mass is 16.7. The zero-order valence-corrected chi connectivity index (χ0v) is 26.3. The minimum atomic E-state index is -2.30. The lowest BCUT2D eigenvalue weighted by Crippen LogP contribution is -2.50. The molecule has 45 heavy (non-hydrogen) atoms. The average molecular weight is 620 g/mol. The van der Waals surface area contributed by atoms with Crippen molar-refractivity contribution in [1.82, 2.24) is 5.32 Å². The predicted octanol–water partition coefficient (Wildman–Crippen LogP) is 4.47. The van der Waals surface area contributed by atoms with Gasteiger partial charge in [-0.15, -0.1) is 0 Å². The van der Waals surface area contributed by atoms with Gasteiger partial charge in [0.05, 0.1) is 32.8 Å². The van der Waals surface area contributed by atoms with Crippen molar-refractivity contribution in [2.75, 3.05) is 41.1 Å². The monoisotopic (exact) mass is 619 g/mol. The van der Waals surface area contributed by atoms with Gasteiger partial charge in [0.15, 0.2) is 17.7 Å². The van der Waals surface area contributed by atoms with E-state index in [9.17, 15) is 14.7 Å². The van der Waals surface area contributed by atoms with Crippen LogP contribution in [-0.2, 0) is 30.3 Å². The van der Waals surface area contributed by atoms with E-state index in [2.05, 4.69) is 5.32 Å². The van der Waals surface area contributed by atoms with Gasteiger partial charge in [-0.3, -0.25) is 9.59 Å². The summed E-state index contributed by atoms with van der Waals surface area (Å²) in [6.45, 7) is 5.10. The number of methoxy groups -OCH3 is 3. The first-order valence-corrected chi connectivity index (χ1v) is 15.2. The largest absolute Gasteiger partial charge is 0.497 e. The van der Waals surface area contributed by atoms with Crippen LogP contribution in [0.2, 0.25) is 0 Å². The molecule has 0 unspecified atom stereocenters. The van der Waals surface area contributed by atoms with E-state index < -0.39 is 34.7 Å². The van der Waals surface area contributed by atoms with E-state index in [0.717, 1.165) is 0 Å². The van der Waals surface area contributed by atoms with E-state index in [0.29, 0.717) is 48.7 Å². The number of rotatable bonds is 14. The standard InChI is InChI=1S/C35H41NO9/c1-6-43-28(44-7-2)14-11-19-36-33(38)29-30(22-12-9-8-10-13-22)35(23-15-17-24(40-3)18-16-23)34(39,32(29)37)31-26(42-5)20-25(41-4)21-27(31)45-35/h8-10,12-13,15-18,20-21,28-30,39H,6-7,11,14,19H2,1-5H3,(H,36,38)/t29-,30-,34+,35+/m1/s1. The molecule has 0 aromatic heterocycles.